The smallest absolute Gasteiger partial charge is 0.222 e. The topological polar surface area (TPSA) is 45.3 Å². The van der Waals surface area contributed by atoms with E-state index >= 15 is 0 Å². The van der Waals surface area contributed by atoms with Crippen LogP contribution in [0.25, 0.3) is 10.9 Å². The van der Waals surface area contributed by atoms with Gasteiger partial charge in [-0.15, -0.1) is 0 Å². The van der Waals surface area contributed by atoms with Gasteiger partial charge in [-0.3, -0.25) is 4.79 Å². The minimum Gasteiger partial charge on any atom is -0.497 e. The molecule has 4 heteroatoms. The molecule has 35 heavy (non-hydrogen) atoms. The predicted molar refractivity (Wildman–Crippen MR) is 148 cm³/mol. The molecule has 2 heterocycles. The van der Waals surface area contributed by atoms with Crippen LogP contribution >= 0.6 is 0 Å². The molecule has 1 atom stereocenters. The molecule has 0 aliphatic carbocycles. The fourth-order valence-electron chi connectivity index (χ4n) is 5.36. The minimum atomic E-state index is -1.62. The molecule has 1 aromatic heterocycles. The summed E-state index contributed by atoms with van der Waals surface area (Å²) in [4.78, 5) is 18.1. The number of amides is 1. The van der Waals surface area contributed by atoms with Crippen LogP contribution in [0.5, 0.6) is 5.75 Å². The molecular weight excluding hydrogens is 432 g/mol. The number of benzene rings is 1. The summed E-state index contributed by atoms with van der Waals surface area (Å²) in [6.07, 6.45) is 20.5. The van der Waals surface area contributed by atoms with Crippen molar-refractivity contribution < 1.29 is 12.3 Å². The molecule has 0 spiro atoms. The van der Waals surface area contributed by atoms with E-state index in [9.17, 15) is 4.79 Å². The van der Waals surface area contributed by atoms with Gasteiger partial charge >= 0.3 is 0 Å². The maximum Gasteiger partial charge on any atom is 0.222 e. The Morgan fingerprint density at radius 3 is 2.26 bits per heavy atom. The molecule has 2 aromatic rings. The van der Waals surface area contributed by atoms with Gasteiger partial charge in [0.1, 0.15) is 5.75 Å². The number of hydrogen-bond acceptors (Lipinski definition) is 2. The van der Waals surface area contributed by atoms with Crippen molar-refractivity contribution in [1.82, 2.24) is 9.88 Å². The van der Waals surface area contributed by atoms with Crippen molar-refractivity contribution in [3.8, 4) is 5.75 Å². The monoisotopic (exact) mass is 484 g/mol. The van der Waals surface area contributed by atoms with Crippen LogP contribution in [-0.2, 0) is 11.2 Å². The third kappa shape index (κ3) is 9.20. The number of unbranched alkanes of at least 4 members (excludes halogenated alkanes) is 13. The molecule has 0 saturated carbocycles. The standard InChI is InChI=1S/C31H50N2O2/c1-3-4-5-6-7-8-9-10-11-12-13-14-15-16-19-31(34)33-22-17-18-27(33)23-26-25-32-30-21-20-28(35-2)24-29(26)30/h20-21,24-25,27,32H,3-19,22-23H2,1-2H3/t27-/m1/s1/i23D2. The molecule has 1 aliphatic heterocycles. The van der Waals surface area contributed by atoms with Crippen molar-refractivity contribution >= 4 is 16.8 Å². The van der Waals surface area contributed by atoms with Gasteiger partial charge in [-0.25, -0.2) is 0 Å². The fourth-order valence-corrected chi connectivity index (χ4v) is 5.36. The molecule has 4 nitrogen and oxygen atoms in total. The molecule has 0 unspecified atom stereocenters. The highest BCUT2D eigenvalue weighted by Crippen LogP contribution is 2.28. The Morgan fingerprint density at radius 2 is 1.63 bits per heavy atom. The Labute approximate surface area is 217 Å². The zero-order chi connectivity index (χ0) is 26.5. The second-order valence-electron chi connectivity index (χ2n) is 10.3. The van der Waals surface area contributed by atoms with E-state index in [4.69, 9.17) is 7.48 Å². The third-order valence-corrected chi connectivity index (χ3v) is 7.53. The summed E-state index contributed by atoms with van der Waals surface area (Å²) < 4.78 is 23.4. The highest BCUT2D eigenvalue weighted by atomic mass is 16.5. The van der Waals surface area contributed by atoms with Crippen molar-refractivity contribution in [2.75, 3.05) is 13.7 Å². The first-order chi connectivity index (χ1) is 18.0. The van der Waals surface area contributed by atoms with Crippen LogP contribution in [0.1, 0.15) is 124 Å². The lowest BCUT2D eigenvalue weighted by molar-refractivity contribution is -0.132. The van der Waals surface area contributed by atoms with Crippen LogP contribution in [0.3, 0.4) is 0 Å². The fraction of sp³-hybridized carbons (Fsp3) is 0.710. The van der Waals surface area contributed by atoms with Crippen LogP contribution < -0.4 is 4.74 Å². The van der Waals surface area contributed by atoms with Gasteiger partial charge in [-0.05, 0) is 49.4 Å². The van der Waals surface area contributed by atoms with Gasteiger partial charge in [0.2, 0.25) is 5.91 Å². The van der Waals surface area contributed by atoms with Crippen LogP contribution in [0.15, 0.2) is 24.4 Å². The minimum absolute atomic E-state index is 0.114. The van der Waals surface area contributed by atoms with E-state index in [0.29, 0.717) is 30.7 Å². The van der Waals surface area contributed by atoms with Gasteiger partial charge in [-0.2, -0.15) is 0 Å². The Balaban J connectivity index is 1.35. The summed E-state index contributed by atoms with van der Waals surface area (Å²) in [5, 5.41) is 0.829. The van der Waals surface area contributed by atoms with Crippen molar-refractivity contribution in [3.05, 3.63) is 30.0 Å². The lowest BCUT2D eigenvalue weighted by atomic mass is 10.0. The number of carbonyl (C=O) groups excluding carboxylic acids is 1. The van der Waals surface area contributed by atoms with Gasteiger partial charge < -0.3 is 14.6 Å². The normalized spacial score (nSPS) is 17.1. The Hall–Kier alpha value is -1.97. The number of hydrogen-bond donors (Lipinski definition) is 1. The SMILES string of the molecule is [2H]C([2H])(c1c[nH]c2ccc(OC)cc12)[C@H]1CCCN1C(=O)CCCCCCCCCCCCCCCC. The summed E-state index contributed by atoms with van der Waals surface area (Å²) in [5.41, 5.74) is 1.50. The van der Waals surface area contributed by atoms with Gasteiger partial charge in [0.05, 0.1) is 7.11 Å². The Morgan fingerprint density at radius 1 is 1.00 bits per heavy atom. The lowest BCUT2D eigenvalue weighted by Gasteiger charge is -2.25. The zero-order valence-corrected chi connectivity index (χ0v) is 22.4. The predicted octanol–water partition coefficient (Wildman–Crippen LogP) is 8.58. The molecule has 1 amide bonds. The molecule has 1 fully saturated rings. The molecule has 196 valence electrons. The van der Waals surface area contributed by atoms with Crippen molar-refractivity contribution in [1.29, 1.82) is 0 Å². The molecule has 0 bridgehead atoms. The van der Waals surface area contributed by atoms with Crippen LogP contribution in [0.4, 0.5) is 0 Å². The van der Waals surface area contributed by atoms with Gasteiger partial charge in [-0.1, -0.05) is 90.4 Å². The van der Waals surface area contributed by atoms with Gasteiger partial charge in [0, 0.05) is 38.8 Å². The lowest BCUT2D eigenvalue weighted by Crippen LogP contribution is -2.36. The number of methoxy groups -OCH3 is 1. The van der Waals surface area contributed by atoms with Crippen molar-refractivity contribution in [2.24, 2.45) is 0 Å². The summed E-state index contributed by atoms with van der Waals surface area (Å²) in [5.74, 6) is 0.823. The van der Waals surface area contributed by atoms with E-state index < -0.39 is 12.4 Å². The maximum absolute atomic E-state index is 13.1. The largest absolute Gasteiger partial charge is 0.497 e. The van der Waals surface area contributed by atoms with E-state index in [2.05, 4.69) is 11.9 Å². The molecule has 1 aliphatic rings. The first-order valence-corrected chi connectivity index (χ1v) is 14.4. The summed E-state index contributed by atoms with van der Waals surface area (Å²) in [7, 11) is 1.62. The molecule has 0 radical (unpaired) electrons. The number of aromatic amines is 1. The van der Waals surface area contributed by atoms with E-state index in [-0.39, 0.29) is 5.91 Å². The second-order valence-corrected chi connectivity index (χ2v) is 10.3. The highest BCUT2D eigenvalue weighted by molar-refractivity contribution is 5.85. The number of nitrogens with zero attached hydrogens (tertiary/aromatic N) is 1. The van der Waals surface area contributed by atoms with E-state index in [1.165, 1.54) is 77.0 Å². The molecular formula is C31H50N2O2. The van der Waals surface area contributed by atoms with Crippen LogP contribution in [0.2, 0.25) is 0 Å². The number of fused-ring (bicyclic) bond motifs is 1. The van der Waals surface area contributed by atoms with Crippen LogP contribution in [-0.4, -0.2) is 35.5 Å². The van der Waals surface area contributed by atoms with Crippen LogP contribution in [0, 0.1) is 0 Å². The average Bonchev–Trinajstić information content (AvgIpc) is 3.57. The quantitative estimate of drug-likeness (QED) is 0.215. The highest BCUT2D eigenvalue weighted by Gasteiger charge is 2.29. The van der Waals surface area contributed by atoms with Gasteiger partial charge in [0.25, 0.3) is 0 Å². The number of rotatable bonds is 18. The average molecular weight is 485 g/mol. The number of likely N-dealkylation sites (tertiary alicyclic amines) is 1. The molecule has 3 rings (SSSR count). The third-order valence-electron chi connectivity index (χ3n) is 7.53. The number of H-pyrrole nitrogens is 1. The number of nitrogens with one attached hydrogen (secondary N) is 1. The van der Waals surface area contributed by atoms with E-state index in [0.717, 1.165) is 30.2 Å². The Kier molecular flexibility index (Phi) is 11.2. The number of carbonyl (C=O) groups is 1. The first-order valence-electron chi connectivity index (χ1n) is 15.4. The summed E-state index contributed by atoms with van der Waals surface area (Å²) in [6, 6.07) is 5.26. The first kappa shape index (κ1) is 24.7. The molecule has 1 N–H and O–H groups in total. The zero-order valence-electron chi connectivity index (χ0n) is 24.4. The molecule has 1 aromatic carbocycles. The number of ether oxygens (including phenoxy) is 1. The van der Waals surface area contributed by atoms with E-state index in [1.54, 1.807) is 13.3 Å². The second kappa shape index (κ2) is 15.9. The van der Waals surface area contributed by atoms with Crippen molar-refractivity contribution in [3.63, 3.8) is 0 Å². The summed E-state index contributed by atoms with van der Waals surface area (Å²) in [6.45, 7) is 2.93. The van der Waals surface area contributed by atoms with Gasteiger partial charge in [0.15, 0.2) is 0 Å². The van der Waals surface area contributed by atoms with Crippen molar-refractivity contribution in [2.45, 2.75) is 128 Å². The molecule has 1 saturated heterocycles. The van der Waals surface area contributed by atoms with E-state index in [1.807, 2.05) is 23.1 Å². The maximum atomic E-state index is 13.1. The number of aromatic nitrogens is 1. The Bertz CT molecular complexity index is 942. The summed E-state index contributed by atoms with van der Waals surface area (Å²) >= 11 is 0.